The minimum Gasteiger partial charge on any atom is -0.370 e. The van der Waals surface area contributed by atoms with Gasteiger partial charge in [0, 0.05) is 18.0 Å². The van der Waals surface area contributed by atoms with Crippen LogP contribution in [0.4, 0.5) is 5.82 Å². The van der Waals surface area contributed by atoms with Crippen LogP contribution in [0.15, 0.2) is 9.37 Å². The molecule has 2 heterocycles. The minimum atomic E-state index is 0.295. The average Bonchev–Trinajstić information content (AvgIpc) is 2.79. The summed E-state index contributed by atoms with van der Waals surface area (Å²) in [5, 5.41) is 13.4. The molecule has 0 aromatic carbocycles. The molecule has 2 rings (SSSR count). The third-order valence-electron chi connectivity index (χ3n) is 2.67. The summed E-state index contributed by atoms with van der Waals surface area (Å²) in [6.07, 6.45) is 0. The first kappa shape index (κ1) is 15.2. The zero-order valence-corrected chi connectivity index (χ0v) is 14.0. The highest BCUT2D eigenvalue weighted by molar-refractivity contribution is 8.01. The summed E-state index contributed by atoms with van der Waals surface area (Å²) in [6.45, 7) is 11.1. The highest BCUT2D eigenvalue weighted by Crippen LogP contribution is 2.33. The fraction of sp³-hybridized carbons (Fsp3) is 0.538. The van der Waals surface area contributed by atoms with Crippen molar-refractivity contribution in [2.24, 2.45) is 0 Å². The molecule has 108 valence electrons. The Labute approximate surface area is 127 Å². The molecule has 0 bridgehead atoms. The molecule has 0 radical (unpaired) electrons. The largest absolute Gasteiger partial charge is 0.370 e. The van der Waals surface area contributed by atoms with Gasteiger partial charge in [-0.3, -0.25) is 0 Å². The molecule has 20 heavy (non-hydrogen) atoms. The maximum Gasteiger partial charge on any atom is 0.180 e. The van der Waals surface area contributed by atoms with E-state index in [-0.39, 0.29) is 0 Å². The van der Waals surface area contributed by atoms with Crippen LogP contribution in [0, 0.1) is 13.8 Å². The molecule has 0 fully saturated rings. The van der Waals surface area contributed by atoms with Crippen LogP contribution in [0.25, 0.3) is 0 Å². The smallest absolute Gasteiger partial charge is 0.180 e. The van der Waals surface area contributed by atoms with E-state index in [9.17, 15) is 0 Å². The topological polar surface area (TPSA) is 63.6 Å². The lowest BCUT2D eigenvalue weighted by atomic mass is 10.2. The molecule has 0 aliphatic carbocycles. The molecule has 0 saturated heterocycles. The first-order valence-corrected chi connectivity index (χ1v) is 8.25. The Morgan fingerprint density at radius 1 is 1.20 bits per heavy atom. The molecule has 0 aliphatic rings. The maximum atomic E-state index is 4.67. The van der Waals surface area contributed by atoms with Crippen molar-refractivity contribution < 1.29 is 0 Å². The third kappa shape index (κ3) is 3.46. The first-order chi connectivity index (χ1) is 9.51. The van der Waals surface area contributed by atoms with Gasteiger partial charge in [-0.25, -0.2) is 9.97 Å². The third-order valence-corrected chi connectivity index (χ3v) is 4.65. The van der Waals surface area contributed by atoms with Gasteiger partial charge >= 0.3 is 0 Å². The van der Waals surface area contributed by atoms with Crippen molar-refractivity contribution in [1.82, 2.24) is 20.2 Å². The molecule has 2 aromatic heterocycles. The predicted molar refractivity (Wildman–Crippen MR) is 83.8 cm³/mol. The monoisotopic (exact) mass is 309 g/mol. The van der Waals surface area contributed by atoms with Gasteiger partial charge in [-0.15, -0.1) is 10.2 Å². The van der Waals surface area contributed by atoms with E-state index in [1.165, 1.54) is 0 Å². The summed E-state index contributed by atoms with van der Waals surface area (Å²) in [5.74, 6) is 2.06. The van der Waals surface area contributed by atoms with E-state index in [1.807, 2.05) is 13.8 Å². The Morgan fingerprint density at radius 2 is 1.95 bits per heavy atom. The molecule has 0 spiro atoms. The quantitative estimate of drug-likeness (QED) is 0.851. The number of nitrogens with one attached hydrogen (secondary N) is 1. The number of nitrogens with zero attached hydrogens (tertiary/aromatic N) is 4. The Morgan fingerprint density at radius 3 is 2.50 bits per heavy atom. The fourth-order valence-electron chi connectivity index (χ4n) is 1.61. The van der Waals surface area contributed by atoms with Gasteiger partial charge in [0.25, 0.3) is 0 Å². The fourth-order valence-corrected chi connectivity index (χ4v) is 3.43. The number of aryl methyl sites for hydroxylation is 1. The normalized spacial score (nSPS) is 11.1. The summed E-state index contributed by atoms with van der Waals surface area (Å²) >= 11 is 3.15. The lowest BCUT2D eigenvalue weighted by Crippen LogP contribution is -2.08. The van der Waals surface area contributed by atoms with E-state index in [0.29, 0.717) is 5.92 Å². The van der Waals surface area contributed by atoms with Gasteiger partial charge in [-0.05, 0) is 32.5 Å². The van der Waals surface area contributed by atoms with Gasteiger partial charge < -0.3 is 5.32 Å². The van der Waals surface area contributed by atoms with E-state index in [2.05, 4.69) is 46.3 Å². The van der Waals surface area contributed by atoms with E-state index in [4.69, 9.17) is 0 Å². The Kier molecular flexibility index (Phi) is 4.93. The SMILES string of the molecule is CCNc1nc(C(C)C)nc(Sc2nnc(C)s2)c1C. The van der Waals surface area contributed by atoms with Gasteiger partial charge in [0.2, 0.25) is 0 Å². The van der Waals surface area contributed by atoms with Crippen molar-refractivity contribution in [2.75, 3.05) is 11.9 Å². The van der Waals surface area contributed by atoms with Crippen molar-refractivity contribution in [3.05, 3.63) is 16.4 Å². The second-order valence-electron chi connectivity index (χ2n) is 4.73. The van der Waals surface area contributed by atoms with Crippen LogP contribution in [0.2, 0.25) is 0 Å². The number of rotatable bonds is 5. The van der Waals surface area contributed by atoms with E-state index in [0.717, 1.165) is 38.1 Å². The summed E-state index contributed by atoms with van der Waals surface area (Å²) in [7, 11) is 0. The van der Waals surface area contributed by atoms with Crippen LogP contribution in [-0.2, 0) is 0 Å². The molecule has 1 N–H and O–H groups in total. The summed E-state index contributed by atoms with van der Waals surface area (Å²) < 4.78 is 0.918. The lowest BCUT2D eigenvalue weighted by molar-refractivity contribution is 0.748. The molecular formula is C13H19N5S2. The maximum absolute atomic E-state index is 4.67. The molecule has 7 heteroatoms. The highest BCUT2D eigenvalue weighted by Gasteiger charge is 2.15. The molecule has 0 saturated carbocycles. The van der Waals surface area contributed by atoms with Gasteiger partial charge in [-0.2, -0.15) is 0 Å². The van der Waals surface area contributed by atoms with Crippen LogP contribution in [0.3, 0.4) is 0 Å². The van der Waals surface area contributed by atoms with Crippen molar-refractivity contribution in [2.45, 2.75) is 49.9 Å². The van der Waals surface area contributed by atoms with Crippen LogP contribution in [0.5, 0.6) is 0 Å². The van der Waals surface area contributed by atoms with Crippen LogP contribution < -0.4 is 5.32 Å². The zero-order chi connectivity index (χ0) is 14.7. The lowest BCUT2D eigenvalue weighted by Gasteiger charge is -2.13. The van der Waals surface area contributed by atoms with Crippen molar-refractivity contribution >= 4 is 28.9 Å². The van der Waals surface area contributed by atoms with Gasteiger partial charge in [0.05, 0.1) is 0 Å². The number of hydrogen-bond donors (Lipinski definition) is 1. The molecular weight excluding hydrogens is 290 g/mol. The number of aromatic nitrogens is 4. The first-order valence-electron chi connectivity index (χ1n) is 6.61. The molecule has 2 aromatic rings. The Hall–Kier alpha value is -1.21. The van der Waals surface area contributed by atoms with Crippen molar-refractivity contribution in [1.29, 1.82) is 0 Å². The average molecular weight is 309 g/mol. The van der Waals surface area contributed by atoms with E-state index in [1.54, 1.807) is 23.1 Å². The number of hydrogen-bond acceptors (Lipinski definition) is 7. The summed E-state index contributed by atoms with van der Waals surface area (Å²) in [4.78, 5) is 9.27. The molecule has 0 aliphatic heterocycles. The van der Waals surface area contributed by atoms with Crippen LogP contribution >= 0.6 is 23.1 Å². The Balaban J connectivity index is 2.39. The second kappa shape index (κ2) is 6.49. The Bertz CT molecular complexity index is 594. The van der Waals surface area contributed by atoms with Crippen LogP contribution in [-0.4, -0.2) is 26.7 Å². The van der Waals surface area contributed by atoms with Gasteiger partial charge in [0.1, 0.15) is 21.7 Å². The van der Waals surface area contributed by atoms with E-state index >= 15 is 0 Å². The van der Waals surface area contributed by atoms with Gasteiger partial charge in [0.15, 0.2) is 4.34 Å². The minimum absolute atomic E-state index is 0.295. The van der Waals surface area contributed by atoms with Gasteiger partial charge in [-0.1, -0.05) is 25.2 Å². The predicted octanol–water partition coefficient (Wildman–Crippen LogP) is 3.65. The molecule has 5 nitrogen and oxygen atoms in total. The van der Waals surface area contributed by atoms with Crippen LogP contribution in [0.1, 0.15) is 43.1 Å². The standard InChI is InChI=1S/C13H19N5S2/c1-6-14-11-8(4)12(16-10(15-11)7(2)3)20-13-18-17-9(5)19-13/h7H,6H2,1-5H3,(H,14,15,16). The molecule has 0 atom stereocenters. The molecule has 0 amide bonds. The van der Waals surface area contributed by atoms with E-state index < -0.39 is 0 Å². The van der Waals surface area contributed by atoms with Crippen molar-refractivity contribution in [3.8, 4) is 0 Å². The summed E-state index contributed by atoms with van der Waals surface area (Å²) in [5.41, 5.74) is 1.06. The number of anilines is 1. The second-order valence-corrected chi connectivity index (χ2v) is 7.15. The zero-order valence-electron chi connectivity index (χ0n) is 12.4. The summed E-state index contributed by atoms with van der Waals surface area (Å²) in [6, 6.07) is 0. The highest BCUT2D eigenvalue weighted by atomic mass is 32.2. The molecule has 0 unspecified atom stereocenters. The van der Waals surface area contributed by atoms with Crippen molar-refractivity contribution in [3.63, 3.8) is 0 Å².